The summed E-state index contributed by atoms with van der Waals surface area (Å²) >= 11 is 0. The zero-order chi connectivity index (χ0) is 10.1. The molecule has 0 fully saturated rings. The highest BCUT2D eigenvalue weighted by molar-refractivity contribution is 5.86. The molecule has 2 rings (SSSR count). The first-order valence-corrected chi connectivity index (χ1v) is 4.28. The first-order valence-electron chi connectivity index (χ1n) is 4.28. The molecular weight excluding hydrogens is 182 g/mol. The van der Waals surface area contributed by atoms with Crippen LogP contribution in [0, 0.1) is 0 Å². The van der Waals surface area contributed by atoms with Crippen LogP contribution >= 0.6 is 0 Å². The second-order valence-electron chi connectivity index (χ2n) is 2.95. The molecule has 5 heteroatoms. The Kier molecular flexibility index (Phi) is 1.92. The Labute approximate surface area is 79.8 Å². The molecule has 2 heterocycles. The Bertz CT molecular complexity index is 490. The van der Waals surface area contributed by atoms with Gasteiger partial charge in [0.25, 0.3) is 0 Å². The van der Waals surface area contributed by atoms with Crippen molar-refractivity contribution < 1.29 is 9.90 Å². The summed E-state index contributed by atoms with van der Waals surface area (Å²) in [4.78, 5) is 21.2. The average Bonchev–Trinajstić information content (AvgIpc) is 2.58. The maximum absolute atomic E-state index is 10.6. The van der Waals surface area contributed by atoms with Crippen LogP contribution in [0.3, 0.4) is 0 Å². The van der Waals surface area contributed by atoms with Gasteiger partial charge in [0.05, 0.1) is 0 Å². The summed E-state index contributed by atoms with van der Waals surface area (Å²) in [5.74, 6) is -1.29. The molecule has 0 aliphatic rings. The van der Waals surface area contributed by atoms with Crippen molar-refractivity contribution in [1.29, 1.82) is 0 Å². The van der Waals surface area contributed by atoms with Crippen molar-refractivity contribution in [3.8, 4) is 0 Å². The molecule has 2 aromatic rings. The number of H-pyrrole nitrogens is 1. The van der Waals surface area contributed by atoms with Gasteiger partial charge in [-0.3, -0.25) is 0 Å². The molecule has 0 aliphatic carbocycles. The number of rotatable bonds is 2. The van der Waals surface area contributed by atoms with Gasteiger partial charge in [0.2, 0.25) is 5.82 Å². The molecule has 0 aromatic carbocycles. The van der Waals surface area contributed by atoms with Gasteiger partial charge in [-0.25, -0.2) is 14.8 Å². The first kappa shape index (κ1) is 8.68. The molecule has 0 unspecified atom stereocenters. The van der Waals surface area contributed by atoms with Crippen LogP contribution in [0.4, 0.5) is 0 Å². The lowest BCUT2D eigenvalue weighted by atomic mass is 10.3. The van der Waals surface area contributed by atoms with E-state index < -0.39 is 5.97 Å². The van der Waals surface area contributed by atoms with Gasteiger partial charge in [-0.1, -0.05) is 6.92 Å². The number of hydrogen-bond acceptors (Lipinski definition) is 3. The van der Waals surface area contributed by atoms with Crippen molar-refractivity contribution in [3.05, 3.63) is 23.8 Å². The smallest absolute Gasteiger partial charge is 0.374 e. The number of carboxylic acids is 1. The van der Waals surface area contributed by atoms with Crippen molar-refractivity contribution in [1.82, 2.24) is 15.0 Å². The Hall–Kier alpha value is -1.91. The molecule has 0 saturated carbocycles. The number of hydrogen-bond donors (Lipinski definition) is 2. The molecule has 0 amide bonds. The van der Waals surface area contributed by atoms with Crippen molar-refractivity contribution >= 4 is 17.0 Å². The van der Waals surface area contributed by atoms with Crippen LogP contribution in [0.1, 0.15) is 23.2 Å². The number of aromatic nitrogens is 3. The second-order valence-corrected chi connectivity index (χ2v) is 2.95. The van der Waals surface area contributed by atoms with Crippen LogP contribution in [0.25, 0.3) is 11.0 Å². The van der Waals surface area contributed by atoms with Crippen LogP contribution < -0.4 is 0 Å². The Balaban J connectivity index is 2.59. The van der Waals surface area contributed by atoms with Crippen molar-refractivity contribution in [2.24, 2.45) is 0 Å². The van der Waals surface area contributed by atoms with E-state index in [1.54, 1.807) is 0 Å². The summed E-state index contributed by atoms with van der Waals surface area (Å²) in [5, 5.41) is 9.51. The standard InChI is InChI=1S/C9H9N3O2/c1-2-6-3-5-4-10-8(9(13)14)12-7(5)11-6/h3-4H,2H2,1H3,(H,13,14)(H,10,11,12). The van der Waals surface area contributed by atoms with Gasteiger partial charge >= 0.3 is 5.97 Å². The van der Waals surface area contributed by atoms with Gasteiger partial charge in [-0.2, -0.15) is 0 Å². The highest BCUT2D eigenvalue weighted by atomic mass is 16.4. The number of carbonyl (C=O) groups is 1. The molecule has 72 valence electrons. The second kappa shape index (κ2) is 3.10. The lowest BCUT2D eigenvalue weighted by Crippen LogP contribution is -2.03. The molecular formula is C9H9N3O2. The number of aromatic carboxylic acids is 1. The number of nitrogens with zero attached hydrogens (tertiary/aromatic N) is 2. The summed E-state index contributed by atoms with van der Waals surface area (Å²) in [6, 6.07) is 1.92. The molecule has 0 atom stereocenters. The van der Waals surface area contributed by atoms with E-state index in [9.17, 15) is 4.79 Å². The number of carboxylic acid groups (broad SMARTS) is 1. The van der Waals surface area contributed by atoms with E-state index in [0.29, 0.717) is 5.65 Å². The molecule has 2 aromatic heterocycles. The van der Waals surface area contributed by atoms with Crippen LogP contribution in [-0.4, -0.2) is 26.0 Å². The third kappa shape index (κ3) is 1.32. The average molecular weight is 191 g/mol. The largest absolute Gasteiger partial charge is 0.475 e. The van der Waals surface area contributed by atoms with Gasteiger partial charge in [0.1, 0.15) is 5.65 Å². The van der Waals surface area contributed by atoms with Gasteiger partial charge in [-0.05, 0) is 12.5 Å². The molecule has 5 nitrogen and oxygen atoms in total. The van der Waals surface area contributed by atoms with Gasteiger partial charge in [0.15, 0.2) is 0 Å². The monoisotopic (exact) mass is 191 g/mol. The predicted molar refractivity (Wildman–Crippen MR) is 50.2 cm³/mol. The number of nitrogens with one attached hydrogen (secondary N) is 1. The molecule has 2 N–H and O–H groups in total. The molecule has 0 radical (unpaired) electrons. The maximum Gasteiger partial charge on any atom is 0.374 e. The Morgan fingerprint density at radius 3 is 3.07 bits per heavy atom. The molecule has 0 spiro atoms. The molecule has 0 bridgehead atoms. The Morgan fingerprint density at radius 2 is 2.43 bits per heavy atom. The van der Waals surface area contributed by atoms with Gasteiger partial charge < -0.3 is 10.1 Å². The first-order chi connectivity index (χ1) is 6.70. The minimum absolute atomic E-state index is 0.179. The summed E-state index contributed by atoms with van der Waals surface area (Å²) in [7, 11) is 0. The van der Waals surface area contributed by atoms with E-state index in [2.05, 4.69) is 15.0 Å². The SMILES string of the molecule is CCc1cc2cnc(C(=O)O)nc2[nH]1. The van der Waals surface area contributed by atoms with E-state index in [1.807, 2.05) is 13.0 Å². The quantitative estimate of drug-likeness (QED) is 0.747. The third-order valence-corrected chi connectivity index (χ3v) is 2.00. The third-order valence-electron chi connectivity index (χ3n) is 2.00. The number of fused-ring (bicyclic) bond motifs is 1. The van der Waals surface area contributed by atoms with E-state index in [1.165, 1.54) is 6.20 Å². The van der Waals surface area contributed by atoms with Crippen LogP contribution in [0.5, 0.6) is 0 Å². The normalized spacial score (nSPS) is 10.6. The zero-order valence-electron chi connectivity index (χ0n) is 7.61. The Morgan fingerprint density at radius 1 is 1.64 bits per heavy atom. The van der Waals surface area contributed by atoms with E-state index in [0.717, 1.165) is 17.5 Å². The predicted octanol–water partition coefficient (Wildman–Crippen LogP) is 1.22. The lowest BCUT2D eigenvalue weighted by molar-refractivity contribution is 0.0684. The topological polar surface area (TPSA) is 78.9 Å². The fourth-order valence-corrected chi connectivity index (χ4v) is 1.27. The summed E-state index contributed by atoms with van der Waals surface area (Å²) in [5.41, 5.74) is 1.60. The van der Waals surface area contributed by atoms with E-state index in [4.69, 9.17) is 5.11 Å². The van der Waals surface area contributed by atoms with Crippen LogP contribution in [0.2, 0.25) is 0 Å². The van der Waals surface area contributed by atoms with Gasteiger partial charge in [-0.15, -0.1) is 0 Å². The van der Waals surface area contributed by atoms with E-state index in [-0.39, 0.29) is 5.82 Å². The minimum atomic E-state index is -1.11. The number of aromatic amines is 1. The minimum Gasteiger partial charge on any atom is -0.475 e. The van der Waals surface area contributed by atoms with Gasteiger partial charge in [0, 0.05) is 17.3 Å². The number of aryl methyl sites for hydroxylation is 1. The molecule has 0 saturated heterocycles. The summed E-state index contributed by atoms with van der Waals surface area (Å²) < 4.78 is 0. The van der Waals surface area contributed by atoms with Crippen molar-refractivity contribution in [2.75, 3.05) is 0 Å². The van der Waals surface area contributed by atoms with E-state index >= 15 is 0 Å². The van der Waals surface area contributed by atoms with Crippen LogP contribution in [0.15, 0.2) is 12.3 Å². The highest BCUT2D eigenvalue weighted by Gasteiger charge is 2.08. The summed E-state index contributed by atoms with van der Waals surface area (Å²) in [6.07, 6.45) is 2.38. The molecule has 0 aliphatic heterocycles. The fraction of sp³-hybridized carbons (Fsp3) is 0.222. The molecule has 14 heavy (non-hydrogen) atoms. The van der Waals surface area contributed by atoms with Crippen LogP contribution in [-0.2, 0) is 6.42 Å². The zero-order valence-corrected chi connectivity index (χ0v) is 7.61. The van der Waals surface area contributed by atoms with Crippen molar-refractivity contribution in [3.63, 3.8) is 0 Å². The fourth-order valence-electron chi connectivity index (χ4n) is 1.27. The maximum atomic E-state index is 10.6. The highest BCUT2D eigenvalue weighted by Crippen LogP contribution is 2.12. The van der Waals surface area contributed by atoms with Crippen molar-refractivity contribution in [2.45, 2.75) is 13.3 Å². The lowest BCUT2D eigenvalue weighted by Gasteiger charge is -1.91. The summed E-state index contributed by atoms with van der Waals surface area (Å²) in [6.45, 7) is 2.01.